The molecule has 9 heteroatoms. The maximum Gasteiger partial charge on any atom is 0.293 e. The molecule has 0 atom stereocenters. The number of hydrogen-bond acceptors (Lipinski definition) is 5. The zero-order valence-corrected chi connectivity index (χ0v) is 16.2. The summed E-state index contributed by atoms with van der Waals surface area (Å²) < 4.78 is 39.5. The highest BCUT2D eigenvalue weighted by Gasteiger charge is 2.26. The van der Waals surface area contributed by atoms with Crippen LogP contribution in [-0.4, -0.2) is 37.8 Å². The molecule has 0 saturated carbocycles. The average molecular weight is 395 g/mol. The summed E-state index contributed by atoms with van der Waals surface area (Å²) in [5.74, 6) is -0.363. The lowest BCUT2D eigenvalue weighted by Crippen LogP contribution is -2.30. The average Bonchev–Trinajstić information content (AvgIpc) is 2.63. The van der Waals surface area contributed by atoms with Crippen molar-refractivity contribution in [1.29, 1.82) is 0 Å². The summed E-state index contributed by atoms with van der Waals surface area (Å²) in [6, 6.07) is 9.71. The molecule has 2 rings (SSSR count). The Balaban J connectivity index is 2.40. The van der Waals surface area contributed by atoms with Crippen LogP contribution in [0, 0.1) is 15.9 Å². The van der Waals surface area contributed by atoms with Gasteiger partial charge in [0.1, 0.15) is 11.5 Å². The molecule has 0 amide bonds. The summed E-state index contributed by atoms with van der Waals surface area (Å²) in [7, 11) is -2.14. The molecule has 0 aliphatic carbocycles. The Hall–Kier alpha value is -2.52. The van der Waals surface area contributed by atoms with Crippen molar-refractivity contribution in [3.63, 3.8) is 0 Å². The van der Waals surface area contributed by atoms with Crippen molar-refractivity contribution < 1.29 is 17.7 Å². The second kappa shape index (κ2) is 8.45. The maximum absolute atomic E-state index is 13.0. The van der Waals surface area contributed by atoms with E-state index in [-0.39, 0.29) is 35.2 Å². The summed E-state index contributed by atoms with van der Waals surface area (Å²) in [4.78, 5) is 12.4. The minimum Gasteiger partial charge on any atom is -0.365 e. The first-order valence-electron chi connectivity index (χ1n) is 8.44. The van der Waals surface area contributed by atoms with Crippen molar-refractivity contribution in [3.05, 3.63) is 64.0 Å². The third-order valence-electron chi connectivity index (χ3n) is 4.23. The second-order valence-corrected chi connectivity index (χ2v) is 7.92. The van der Waals surface area contributed by atoms with Gasteiger partial charge in [-0.1, -0.05) is 26.0 Å². The lowest BCUT2D eigenvalue weighted by atomic mass is 10.2. The first-order chi connectivity index (χ1) is 12.7. The van der Waals surface area contributed by atoms with Gasteiger partial charge >= 0.3 is 0 Å². The van der Waals surface area contributed by atoms with Crippen LogP contribution >= 0.6 is 0 Å². The lowest BCUT2D eigenvalue weighted by molar-refractivity contribution is -0.384. The third-order valence-corrected chi connectivity index (χ3v) is 6.28. The molecule has 0 spiro atoms. The summed E-state index contributed by atoms with van der Waals surface area (Å²) in [5.41, 5.74) is 0.753. The van der Waals surface area contributed by atoms with Crippen LogP contribution in [0.25, 0.3) is 0 Å². The van der Waals surface area contributed by atoms with Crippen LogP contribution in [0.1, 0.15) is 19.4 Å². The number of halogens is 1. The predicted molar refractivity (Wildman–Crippen MR) is 102 cm³/mol. The highest BCUT2D eigenvalue weighted by Crippen LogP contribution is 2.32. The van der Waals surface area contributed by atoms with Gasteiger partial charge < -0.3 is 4.90 Å². The van der Waals surface area contributed by atoms with Gasteiger partial charge in [0.05, 0.1) is 9.82 Å². The van der Waals surface area contributed by atoms with Gasteiger partial charge in [0, 0.05) is 32.7 Å². The van der Waals surface area contributed by atoms with Gasteiger partial charge in [-0.3, -0.25) is 10.1 Å². The van der Waals surface area contributed by atoms with Crippen molar-refractivity contribution in [2.45, 2.75) is 25.3 Å². The van der Waals surface area contributed by atoms with E-state index in [2.05, 4.69) is 0 Å². The Morgan fingerprint density at radius 3 is 2.19 bits per heavy atom. The largest absolute Gasteiger partial charge is 0.365 e. The van der Waals surface area contributed by atoms with Gasteiger partial charge in [-0.25, -0.2) is 12.8 Å². The molecule has 0 aliphatic rings. The number of nitro benzene ring substituents is 1. The second-order valence-electron chi connectivity index (χ2n) is 5.98. The molecule has 27 heavy (non-hydrogen) atoms. The Kier molecular flexibility index (Phi) is 6.50. The van der Waals surface area contributed by atoms with E-state index in [4.69, 9.17) is 0 Å². The quantitative estimate of drug-likeness (QED) is 0.505. The fraction of sp³-hybridized carbons (Fsp3) is 0.333. The molecule has 0 N–H and O–H groups in total. The normalized spacial score (nSPS) is 11.6. The third kappa shape index (κ3) is 4.61. The lowest BCUT2D eigenvalue weighted by Gasteiger charge is -2.21. The monoisotopic (exact) mass is 395 g/mol. The molecule has 0 saturated heterocycles. The van der Waals surface area contributed by atoms with E-state index in [1.54, 1.807) is 37.9 Å². The van der Waals surface area contributed by atoms with Crippen LogP contribution in [0.4, 0.5) is 15.8 Å². The number of sulfonamides is 1. The molecule has 0 aromatic heterocycles. The van der Waals surface area contributed by atoms with E-state index in [9.17, 15) is 22.9 Å². The van der Waals surface area contributed by atoms with E-state index >= 15 is 0 Å². The molecule has 2 aromatic rings. The number of nitrogens with zero attached hydrogens (tertiary/aromatic N) is 3. The van der Waals surface area contributed by atoms with Crippen LogP contribution in [-0.2, 0) is 16.6 Å². The topological polar surface area (TPSA) is 83.8 Å². The summed E-state index contributed by atoms with van der Waals surface area (Å²) in [5, 5.41) is 11.5. The van der Waals surface area contributed by atoms with Gasteiger partial charge in [-0.05, 0) is 29.8 Å². The van der Waals surface area contributed by atoms with E-state index in [0.29, 0.717) is 6.54 Å². The first kappa shape index (κ1) is 20.8. The van der Waals surface area contributed by atoms with Gasteiger partial charge in [0.25, 0.3) is 5.69 Å². The summed E-state index contributed by atoms with van der Waals surface area (Å²) in [6.45, 7) is 4.28. The van der Waals surface area contributed by atoms with Crippen molar-refractivity contribution in [2.75, 3.05) is 25.0 Å². The molecule has 0 fully saturated rings. The van der Waals surface area contributed by atoms with Gasteiger partial charge in [-0.15, -0.1) is 0 Å². The van der Waals surface area contributed by atoms with E-state index in [1.807, 2.05) is 0 Å². The van der Waals surface area contributed by atoms with Crippen LogP contribution in [0.15, 0.2) is 47.4 Å². The molecule has 0 aliphatic heterocycles. The Bertz CT molecular complexity index is 913. The summed E-state index contributed by atoms with van der Waals surface area (Å²) in [6.07, 6.45) is 0. The Morgan fingerprint density at radius 1 is 1.07 bits per heavy atom. The van der Waals surface area contributed by atoms with Crippen LogP contribution in [0.3, 0.4) is 0 Å². The number of benzene rings is 2. The molecule has 0 unspecified atom stereocenters. The fourth-order valence-corrected chi connectivity index (χ4v) is 4.27. The summed E-state index contributed by atoms with van der Waals surface area (Å²) >= 11 is 0. The fourth-order valence-electron chi connectivity index (χ4n) is 2.79. The number of anilines is 1. The van der Waals surface area contributed by atoms with Gasteiger partial charge in [0.2, 0.25) is 10.0 Å². The van der Waals surface area contributed by atoms with Crippen LogP contribution in [0.5, 0.6) is 0 Å². The first-order valence-corrected chi connectivity index (χ1v) is 9.88. The standard InChI is InChI=1S/C18H22FN3O4S/c1-4-21(5-2)27(25,26)16-10-11-17(18(12-16)22(23)24)20(3)13-14-6-8-15(19)9-7-14/h6-12H,4-5,13H2,1-3H3. The highest BCUT2D eigenvalue weighted by atomic mass is 32.2. The SMILES string of the molecule is CCN(CC)S(=O)(=O)c1ccc(N(C)Cc2ccc(F)cc2)c([N+](=O)[O-])c1. The smallest absolute Gasteiger partial charge is 0.293 e. The van der Waals surface area contributed by atoms with Crippen molar-refractivity contribution in [3.8, 4) is 0 Å². The molecule has 7 nitrogen and oxygen atoms in total. The highest BCUT2D eigenvalue weighted by molar-refractivity contribution is 7.89. The number of nitro groups is 1. The number of hydrogen-bond donors (Lipinski definition) is 0. The molecule has 146 valence electrons. The Morgan fingerprint density at radius 2 is 1.67 bits per heavy atom. The van der Waals surface area contributed by atoms with Crippen LogP contribution < -0.4 is 4.90 Å². The Labute approximate surface area is 158 Å². The molecule has 0 heterocycles. The van der Waals surface area contributed by atoms with Gasteiger partial charge in [-0.2, -0.15) is 4.31 Å². The minimum atomic E-state index is -3.79. The predicted octanol–water partition coefficient (Wildman–Crippen LogP) is 3.40. The van der Waals surface area contributed by atoms with E-state index in [0.717, 1.165) is 11.6 Å². The van der Waals surface area contributed by atoms with E-state index in [1.165, 1.54) is 28.6 Å². The number of rotatable bonds is 8. The molecule has 0 radical (unpaired) electrons. The molecular formula is C18H22FN3O4S. The molecular weight excluding hydrogens is 373 g/mol. The minimum absolute atomic E-state index is 0.114. The zero-order chi connectivity index (χ0) is 20.2. The van der Waals surface area contributed by atoms with E-state index < -0.39 is 14.9 Å². The van der Waals surface area contributed by atoms with Crippen molar-refractivity contribution in [2.24, 2.45) is 0 Å². The van der Waals surface area contributed by atoms with Gasteiger partial charge in [0.15, 0.2) is 0 Å². The van der Waals surface area contributed by atoms with Crippen molar-refractivity contribution in [1.82, 2.24) is 4.31 Å². The van der Waals surface area contributed by atoms with Crippen molar-refractivity contribution >= 4 is 21.4 Å². The molecule has 0 bridgehead atoms. The molecule has 2 aromatic carbocycles. The zero-order valence-electron chi connectivity index (χ0n) is 15.4. The van der Waals surface area contributed by atoms with Crippen LogP contribution in [0.2, 0.25) is 0 Å². The maximum atomic E-state index is 13.0.